The van der Waals surface area contributed by atoms with Crippen molar-refractivity contribution in [3.63, 3.8) is 0 Å². The van der Waals surface area contributed by atoms with Gasteiger partial charge in [-0.05, 0) is 48.7 Å². The number of benzene rings is 1. The van der Waals surface area contributed by atoms with E-state index in [-0.39, 0.29) is 24.5 Å². The molecule has 5 heterocycles. The van der Waals surface area contributed by atoms with Gasteiger partial charge in [-0.1, -0.05) is 0 Å². The molecule has 14 heteroatoms. The Balaban J connectivity index is 1.42. The van der Waals surface area contributed by atoms with Gasteiger partial charge in [0.05, 0.1) is 34.9 Å². The van der Waals surface area contributed by atoms with Crippen LogP contribution in [0.1, 0.15) is 36.9 Å². The van der Waals surface area contributed by atoms with Crippen LogP contribution in [0, 0.1) is 5.82 Å². The van der Waals surface area contributed by atoms with Gasteiger partial charge in [-0.2, -0.15) is 8.78 Å². The number of carboxylic acid groups (broad SMARTS) is 1. The molecule has 1 aliphatic heterocycles. The fraction of sp³-hybridized carbons (Fsp3) is 0.259. The van der Waals surface area contributed by atoms with Crippen LogP contribution in [0.2, 0.25) is 0 Å². The van der Waals surface area contributed by atoms with Gasteiger partial charge in [0, 0.05) is 43.3 Å². The summed E-state index contributed by atoms with van der Waals surface area (Å²) in [4.78, 5) is 35.1. The Hall–Kier alpha value is -5.01. The number of alkyl halides is 2. The van der Waals surface area contributed by atoms with Gasteiger partial charge in [-0.15, -0.1) is 10.2 Å². The average Bonchev–Trinajstić information content (AvgIpc) is 3.57. The molecule has 11 nitrogen and oxygen atoms in total. The van der Waals surface area contributed by atoms with E-state index in [1.807, 2.05) is 0 Å². The highest BCUT2D eigenvalue weighted by Crippen LogP contribution is 2.31. The highest BCUT2D eigenvalue weighted by molar-refractivity contribution is 5.83. The molecular weight excluding hydrogens is 543 g/mol. The Morgan fingerprint density at radius 2 is 1.90 bits per heavy atom. The van der Waals surface area contributed by atoms with E-state index < -0.39 is 36.0 Å². The van der Waals surface area contributed by atoms with E-state index in [0.29, 0.717) is 47.2 Å². The lowest BCUT2D eigenvalue weighted by Crippen LogP contribution is -2.42. The molecule has 0 radical (unpaired) electrons. The minimum Gasteiger partial charge on any atom is -0.465 e. The Morgan fingerprint density at radius 3 is 2.59 bits per heavy atom. The molecule has 0 aliphatic carbocycles. The largest absolute Gasteiger partial charge is 0.465 e. The minimum atomic E-state index is -2.90. The lowest BCUT2D eigenvalue weighted by Gasteiger charge is -2.31. The number of aromatic nitrogens is 6. The molecule has 0 spiro atoms. The number of carbonyl (C=O) groups is 1. The summed E-state index contributed by atoms with van der Waals surface area (Å²) in [5.74, 6) is -1.47. The van der Waals surface area contributed by atoms with Crippen molar-refractivity contribution in [3.8, 4) is 22.6 Å². The summed E-state index contributed by atoms with van der Waals surface area (Å²) in [6, 6.07) is 8.88. The van der Waals surface area contributed by atoms with Crippen LogP contribution < -0.4 is 5.69 Å². The Morgan fingerprint density at radius 1 is 1.10 bits per heavy atom. The van der Waals surface area contributed by atoms with Crippen molar-refractivity contribution in [2.75, 3.05) is 13.1 Å². The zero-order valence-electron chi connectivity index (χ0n) is 21.3. The second-order valence-electron chi connectivity index (χ2n) is 9.60. The number of hydrogen-bond donors (Lipinski definition) is 1. The van der Waals surface area contributed by atoms with Crippen molar-refractivity contribution in [2.24, 2.45) is 0 Å². The Labute approximate surface area is 229 Å². The monoisotopic (exact) mass is 565 g/mol. The van der Waals surface area contributed by atoms with Crippen LogP contribution in [0.4, 0.5) is 18.0 Å². The van der Waals surface area contributed by atoms with Crippen molar-refractivity contribution >= 4 is 17.1 Å². The third kappa shape index (κ3) is 4.92. The number of nitrogens with zero attached hydrogens (tertiary/aromatic N) is 7. The maximum absolute atomic E-state index is 15.5. The molecule has 5 aromatic rings. The SMILES string of the molecule is O=C(O)N1CCCC(n2c(=O)n(Cc3ccc(-c4nnc(C(F)F)o4)cn3)c3cc(F)c(-c4ccncc4)cc32)C1. The lowest BCUT2D eigenvalue weighted by atomic mass is 10.0. The highest BCUT2D eigenvalue weighted by atomic mass is 19.3. The van der Waals surface area contributed by atoms with E-state index in [2.05, 4.69) is 20.2 Å². The summed E-state index contributed by atoms with van der Waals surface area (Å²) in [5, 5.41) is 16.5. The van der Waals surface area contributed by atoms with Crippen molar-refractivity contribution < 1.29 is 27.5 Å². The number of halogens is 3. The summed E-state index contributed by atoms with van der Waals surface area (Å²) in [6.07, 6.45) is 1.61. The Kier molecular flexibility index (Phi) is 6.73. The summed E-state index contributed by atoms with van der Waals surface area (Å²) in [5.41, 5.74) is 1.94. The molecule has 41 heavy (non-hydrogen) atoms. The van der Waals surface area contributed by atoms with Crippen LogP contribution in [0.3, 0.4) is 0 Å². The summed E-state index contributed by atoms with van der Waals surface area (Å²) >= 11 is 0. The lowest BCUT2D eigenvalue weighted by molar-refractivity contribution is 0.116. The second-order valence-corrected chi connectivity index (χ2v) is 9.60. The van der Waals surface area contributed by atoms with Gasteiger partial charge < -0.3 is 14.4 Å². The third-order valence-electron chi connectivity index (χ3n) is 7.09. The first-order valence-corrected chi connectivity index (χ1v) is 12.7. The van der Waals surface area contributed by atoms with Crippen LogP contribution >= 0.6 is 0 Å². The normalized spacial score (nSPS) is 15.6. The first-order chi connectivity index (χ1) is 19.8. The van der Waals surface area contributed by atoms with Gasteiger partial charge in [0.2, 0.25) is 5.89 Å². The topological polar surface area (TPSA) is 132 Å². The zero-order valence-corrected chi connectivity index (χ0v) is 21.3. The maximum atomic E-state index is 15.5. The van der Waals surface area contributed by atoms with Gasteiger partial charge in [-0.25, -0.2) is 14.0 Å². The molecule has 210 valence electrons. The molecule has 1 saturated heterocycles. The first-order valence-electron chi connectivity index (χ1n) is 12.7. The molecular formula is C27H22F3N7O4. The molecule has 1 fully saturated rings. The molecule has 1 unspecified atom stereocenters. The summed E-state index contributed by atoms with van der Waals surface area (Å²) in [7, 11) is 0. The van der Waals surface area contributed by atoms with Gasteiger partial charge in [0.15, 0.2) is 0 Å². The number of imidazole rings is 1. The molecule has 6 rings (SSSR count). The Bertz CT molecular complexity index is 1780. The number of rotatable bonds is 6. The number of piperidine rings is 1. The van der Waals surface area contributed by atoms with Gasteiger partial charge in [0.1, 0.15) is 5.82 Å². The molecule has 1 amide bonds. The van der Waals surface area contributed by atoms with E-state index in [4.69, 9.17) is 4.42 Å². The standard InChI is InChI=1S/C27H22F3N7O4/c28-20-11-21-22(10-19(20)15-5-7-31-8-6-15)37(18-2-1-9-35(14-18)27(39)40)26(38)36(21)13-17-4-3-16(12-32-17)24-33-34-25(41-24)23(29)30/h3-8,10-12,18,23H,1-2,9,13-14H2,(H,39,40). The number of amides is 1. The van der Waals surface area contributed by atoms with Crippen molar-refractivity contribution in [1.29, 1.82) is 0 Å². The quantitative estimate of drug-likeness (QED) is 0.312. The number of fused-ring (bicyclic) bond motifs is 1. The minimum absolute atomic E-state index is 0.0296. The van der Waals surface area contributed by atoms with Crippen LogP contribution in [0.15, 0.2) is 64.2 Å². The first kappa shape index (κ1) is 26.2. The fourth-order valence-corrected chi connectivity index (χ4v) is 5.14. The zero-order chi connectivity index (χ0) is 28.7. The second kappa shape index (κ2) is 10.5. The summed E-state index contributed by atoms with van der Waals surface area (Å²) < 4.78 is 48.9. The number of hydrogen-bond acceptors (Lipinski definition) is 7. The highest BCUT2D eigenvalue weighted by Gasteiger charge is 2.29. The average molecular weight is 566 g/mol. The van der Waals surface area contributed by atoms with E-state index in [1.165, 1.54) is 26.3 Å². The fourth-order valence-electron chi connectivity index (χ4n) is 5.14. The van der Waals surface area contributed by atoms with Crippen LogP contribution in [0.25, 0.3) is 33.6 Å². The molecule has 1 atom stereocenters. The van der Waals surface area contributed by atoms with Gasteiger partial charge in [-0.3, -0.25) is 19.1 Å². The van der Waals surface area contributed by atoms with Crippen molar-refractivity contribution in [2.45, 2.75) is 31.9 Å². The van der Waals surface area contributed by atoms with Gasteiger partial charge >= 0.3 is 18.2 Å². The van der Waals surface area contributed by atoms with Crippen molar-refractivity contribution in [1.82, 2.24) is 34.2 Å². The van der Waals surface area contributed by atoms with Crippen LogP contribution in [-0.4, -0.2) is 58.5 Å². The molecule has 4 aromatic heterocycles. The maximum Gasteiger partial charge on any atom is 0.407 e. The molecule has 0 bridgehead atoms. The van der Waals surface area contributed by atoms with Crippen LogP contribution in [0.5, 0.6) is 0 Å². The summed E-state index contributed by atoms with van der Waals surface area (Å²) in [6.45, 7) is 0.456. The smallest absolute Gasteiger partial charge is 0.407 e. The molecule has 0 saturated carbocycles. The number of pyridine rings is 2. The number of likely N-dealkylation sites (tertiary alicyclic amines) is 1. The predicted molar refractivity (Wildman–Crippen MR) is 139 cm³/mol. The predicted octanol–water partition coefficient (Wildman–Crippen LogP) is 4.75. The van der Waals surface area contributed by atoms with Crippen LogP contribution in [-0.2, 0) is 6.54 Å². The molecule has 1 aliphatic rings. The third-order valence-corrected chi connectivity index (χ3v) is 7.09. The van der Waals surface area contributed by atoms with E-state index in [1.54, 1.807) is 42.7 Å². The van der Waals surface area contributed by atoms with E-state index in [9.17, 15) is 23.5 Å². The van der Waals surface area contributed by atoms with Crippen molar-refractivity contribution in [3.05, 3.63) is 82.9 Å². The van der Waals surface area contributed by atoms with E-state index >= 15 is 4.39 Å². The van der Waals surface area contributed by atoms with E-state index in [0.717, 1.165) is 0 Å². The molecule has 1 aromatic carbocycles. The van der Waals surface area contributed by atoms with Gasteiger partial charge in [0.25, 0.3) is 5.89 Å². The molecule has 1 N–H and O–H groups in total.